The number of amides is 2. The van der Waals surface area contributed by atoms with Gasteiger partial charge in [0, 0.05) is 25.0 Å². The Labute approximate surface area is 169 Å². The van der Waals surface area contributed by atoms with E-state index in [1.807, 2.05) is 46.4 Å². The second-order valence-corrected chi connectivity index (χ2v) is 9.09. The molecule has 0 aromatic heterocycles. The molecule has 7 heteroatoms. The predicted molar refractivity (Wildman–Crippen MR) is 108 cm³/mol. The van der Waals surface area contributed by atoms with E-state index in [1.165, 1.54) is 0 Å². The Morgan fingerprint density at radius 1 is 1.07 bits per heavy atom. The summed E-state index contributed by atoms with van der Waals surface area (Å²) in [5.74, 6) is -0.211. The standard InChI is InChI=1S/C21H38N2O5/c1-8-16(21(6,7)22-19(26)28-20(3,4)5)18(25)23-12-10-15(11-13-23)14-17(24)27-9-2/h15-16H,8-14H2,1-7H3,(H,22,26). The minimum absolute atomic E-state index is 0.0399. The molecule has 1 aliphatic rings. The van der Waals surface area contributed by atoms with E-state index in [2.05, 4.69) is 5.32 Å². The zero-order chi connectivity index (χ0) is 21.5. The molecule has 0 aromatic carbocycles. The van der Waals surface area contributed by atoms with Gasteiger partial charge in [0.25, 0.3) is 0 Å². The third-order valence-electron chi connectivity index (χ3n) is 5.09. The number of nitrogens with zero attached hydrogens (tertiary/aromatic N) is 1. The molecule has 28 heavy (non-hydrogen) atoms. The van der Waals surface area contributed by atoms with Crippen LogP contribution in [0.15, 0.2) is 0 Å². The summed E-state index contributed by atoms with van der Waals surface area (Å²) in [5.41, 5.74) is -1.32. The summed E-state index contributed by atoms with van der Waals surface area (Å²) in [6.07, 6.45) is 2.10. The molecule has 0 radical (unpaired) electrons. The smallest absolute Gasteiger partial charge is 0.408 e. The maximum absolute atomic E-state index is 13.1. The fraction of sp³-hybridized carbons (Fsp3) is 0.857. The topological polar surface area (TPSA) is 84.9 Å². The van der Waals surface area contributed by atoms with Gasteiger partial charge in [-0.3, -0.25) is 9.59 Å². The van der Waals surface area contributed by atoms with Gasteiger partial charge < -0.3 is 19.7 Å². The van der Waals surface area contributed by atoms with Crippen molar-refractivity contribution in [2.24, 2.45) is 11.8 Å². The maximum atomic E-state index is 13.1. The van der Waals surface area contributed by atoms with Gasteiger partial charge in [-0.05, 0) is 66.7 Å². The maximum Gasteiger partial charge on any atom is 0.408 e. The van der Waals surface area contributed by atoms with Gasteiger partial charge in [0.2, 0.25) is 5.91 Å². The van der Waals surface area contributed by atoms with E-state index in [0.29, 0.717) is 32.5 Å². The summed E-state index contributed by atoms with van der Waals surface area (Å²) in [6.45, 7) is 14.5. The number of nitrogens with one attached hydrogen (secondary N) is 1. The Morgan fingerprint density at radius 2 is 1.64 bits per heavy atom. The summed E-state index contributed by atoms with van der Waals surface area (Å²) in [7, 11) is 0. The minimum Gasteiger partial charge on any atom is -0.466 e. The molecule has 1 heterocycles. The molecule has 1 unspecified atom stereocenters. The van der Waals surface area contributed by atoms with E-state index in [-0.39, 0.29) is 23.7 Å². The third-order valence-corrected chi connectivity index (χ3v) is 5.09. The number of carbonyl (C=O) groups excluding carboxylic acids is 3. The largest absolute Gasteiger partial charge is 0.466 e. The molecule has 1 N–H and O–H groups in total. The molecule has 1 saturated heterocycles. The molecule has 0 saturated carbocycles. The van der Waals surface area contributed by atoms with E-state index in [0.717, 1.165) is 12.8 Å². The van der Waals surface area contributed by atoms with Crippen molar-refractivity contribution in [1.29, 1.82) is 0 Å². The molecule has 162 valence electrons. The van der Waals surface area contributed by atoms with Crippen molar-refractivity contribution >= 4 is 18.0 Å². The summed E-state index contributed by atoms with van der Waals surface area (Å²) in [6, 6.07) is 0. The Hall–Kier alpha value is -1.79. The Kier molecular flexibility index (Phi) is 8.76. The van der Waals surface area contributed by atoms with Crippen LogP contribution in [0.2, 0.25) is 0 Å². The van der Waals surface area contributed by atoms with E-state index < -0.39 is 17.2 Å². The lowest BCUT2D eigenvalue weighted by molar-refractivity contribution is -0.145. The van der Waals surface area contributed by atoms with Gasteiger partial charge in [0.05, 0.1) is 12.5 Å². The number of alkyl carbamates (subject to hydrolysis) is 1. The normalized spacial score (nSPS) is 17.0. The number of likely N-dealkylation sites (tertiary alicyclic amines) is 1. The molecule has 1 aliphatic heterocycles. The number of rotatable bonds is 7. The van der Waals surface area contributed by atoms with Crippen LogP contribution in [0.25, 0.3) is 0 Å². The van der Waals surface area contributed by atoms with Crippen LogP contribution in [0, 0.1) is 11.8 Å². The number of piperidine rings is 1. The summed E-state index contributed by atoms with van der Waals surface area (Å²) >= 11 is 0. The average Bonchev–Trinajstić information content (AvgIpc) is 2.53. The molecule has 0 aromatic rings. The van der Waals surface area contributed by atoms with Crippen molar-refractivity contribution in [2.45, 2.75) is 85.3 Å². The van der Waals surface area contributed by atoms with Crippen LogP contribution in [0.1, 0.15) is 74.1 Å². The Bertz CT molecular complexity index is 545. The second-order valence-electron chi connectivity index (χ2n) is 9.09. The van der Waals surface area contributed by atoms with E-state index >= 15 is 0 Å². The highest BCUT2D eigenvalue weighted by atomic mass is 16.6. The van der Waals surface area contributed by atoms with Gasteiger partial charge >= 0.3 is 12.1 Å². The second kappa shape index (κ2) is 10.1. The minimum atomic E-state index is -0.726. The lowest BCUT2D eigenvalue weighted by Crippen LogP contribution is -2.56. The Balaban J connectivity index is 2.65. The van der Waals surface area contributed by atoms with Crippen LogP contribution in [0.5, 0.6) is 0 Å². The Morgan fingerprint density at radius 3 is 2.11 bits per heavy atom. The van der Waals surface area contributed by atoms with Crippen molar-refractivity contribution < 1.29 is 23.9 Å². The van der Waals surface area contributed by atoms with Crippen molar-refractivity contribution in [1.82, 2.24) is 10.2 Å². The molecular formula is C21H38N2O5. The van der Waals surface area contributed by atoms with E-state index in [4.69, 9.17) is 9.47 Å². The first-order valence-corrected chi connectivity index (χ1v) is 10.3. The number of hydrogen-bond acceptors (Lipinski definition) is 5. The molecule has 0 aliphatic carbocycles. The summed E-state index contributed by atoms with van der Waals surface area (Å²) in [4.78, 5) is 38.8. The van der Waals surface area contributed by atoms with Crippen LogP contribution in [0.3, 0.4) is 0 Å². The fourth-order valence-corrected chi connectivity index (χ4v) is 3.68. The van der Waals surface area contributed by atoms with Gasteiger partial charge in [0.15, 0.2) is 0 Å². The van der Waals surface area contributed by atoms with E-state index in [9.17, 15) is 14.4 Å². The van der Waals surface area contributed by atoms with Crippen molar-refractivity contribution in [3.8, 4) is 0 Å². The molecular weight excluding hydrogens is 360 g/mol. The molecule has 1 rings (SSSR count). The zero-order valence-corrected chi connectivity index (χ0v) is 18.6. The van der Waals surface area contributed by atoms with Crippen LogP contribution < -0.4 is 5.32 Å². The first-order valence-electron chi connectivity index (χ1n) is 10.3. The highest BCUT2D eigenvalue weighted by Crippen LogP contribution is 2.27. The first kappa shape index (κ1) is 24.2. The van der Waals surface area contributed by atoms with Gasteiger partial charge in [0.1, 0.15) is 5.60 Å². The summed E-state index contributed by atoms with van der Waals surface area (Å²) < 4.78 is 10.4. The summed E-state index contributed by atoms with van der Waals surface area (Å²) in [5, 5.41) is 2.86. The van der Waals surface area contributed by atoms with Gasteiger partial charge in [-0.25, -0.2) is 4.79 Å². The monoisotopic (exact) mass is 398 g/mol. The highest BCUT2D eigenvalue weighted by Gasteiger charge is 2.39. The lowest BCUT2D eigenvalue weighted by Gasteiger charge is -2.39. The SMILES string of the molecule is CCOC(=O)CC1CCN(C(=O)C(CC)C(C)(C)NC(=O)OC(C)(C)C)CC1. The zero-order valence-electron chi connectivity index (χ0n) is 18.6. The highest BCUT2D eigenvalue weighted by molar-refractivity contribution is 5.81. The van der Waals surface area contributed by atoms with Crippen LogP contribution in [-0.2, 0) is 19.1 Å². The van der Waals surface area contributed by atoms with Gasteiger partial charge in [-0.2, -0.15) is 0 Å². The lowest BCUT2D eigenvalue weighted by atomic mass is 9.83. The molecule has 7 nitrogen and oxygen atoms in total. The van der Waals surface area contributed by atoms with Crippen LogP contribution in [0.4, 0.5) is 4.79 Å². The molecule has 1 atom stereocenters. The average molecular weight is 399 g/mol. The molecule has 1 fully saturated rings. The number of ether oxygens (including phenoxy) is 2. The van der Waals surface area contributed by atoms with E-state index in [1.54, 1.807) is 6.92 Å². The van der Waals surface area contributed by atoms with Gasteiger partial charge in [-0.1, -0.05) is 6.92 Å². The predicted octanol–water partition coefficient (Wildman–Crippen LogP) is 3.51. The van der Waals surface area contributed by atoms with Crippen LogP contribution in [-0.4, -0.2) is 53.7 Å². The number of esters is 1. The molecule has 2 amide bonds. The quantitative estimate of drug-likeness (QED) is 0.664. The van der Waals surface area contributed by atoms with Crippen molar-refractivity contribution in [3.05, 3.63) is 0 Å². The molecule has 0 bridgehead atoms. The number of hydrogen-bond donors (Lipinski definition) is 1. The van der Waals surface area contributed by atoms with Gasteiger partial charge in [-0.15, -0.1) is 0 Å². The van der Waals surface area contributed by atoms with Crippen molar-refractivity contribution in [3.63, 3.8) is 0 Å². The van der Waals surface area contributed by atoms with Crippen LogP contribution >= 0.6 is 0 Å². The van der Waals surface area contributed by atoms with Crippen molar-refractivity contribution in [2.75, 3.05) is 19.7 Å². The molecule has 0 spiro atoms. The fourth-order valence-electron chi connectivity index (χ4n) is 3.68. The number of carbonyl (C=O) groups is 3. The third kappa shape index (κ3) is 7.68. The first-order chi connectivity index (χ1) is 12.9.